The van der Waals surface area contributed by atoms with Crippen molar-refractivity contribution in [2.24, 2.45) is 0 Å². The molecule has 1 aromatic heterocycles. The van der Waals surface area contributed by atoms with E-state index in [-0.39, 0.29) is 24.5 Å². The van der Waals surface area contributed by atoms with Crippen molar-refractivity contribution in [1.29, 1.82) is 0 Å². The van der Waals surface area contributed by atoms with Crippen LogP contribution in [0.5, 0.6) is 0 Å². The highest BCUT2D eigenvalue weighted by Gasteiger charge is 2.30. The van der Waals surface area contributed by atoms with Gasteiger partial charge in [0.1, 0.15) is 6.10 Å². The lowest BCUT2D eigenvalue weighted by Crippen LogP contribution is -2.46. The monoisotopic (exact) mass is 428 g/mol. The Morgan fingerprint density at radius 1 is 1.00 bits per heavy atom. The van der Waals surface area contributed by atoms with E-state index in [0.29, 0.717) is 0 Å². The lowest BCUT2D eigenvalue weighted by atomic mass is 10.0. The maximum Gasteiger partial charge on any atom is 0.339 e. The van der Waals surface area contributed by atoms with E-state index in [1.165, 1.54) is 15.8 Å². The molecule has 0 spiro atoms. The van der Waals surface area contributed by atoms with Crippen LogP contribution in [0.2, 0.25) is 0 Å². The summed E-state index contributed by atoms with van der Waals surface area (Å²) in [6, 6.07) is 16.4. The van der Waals surface area contributed by atoms with Crippen molar-refractivity contribution in [2.75, 3.05) is 37.6 Å². The summed E-state index contributed by atoms with van der Waals surface area (Å²) in [5, 5.41) is 3.68. The second-order valence-corrected chi connectivity index (χ2v) is 8.48. The molecule has 0 saturated carbocycles. The van der Waals surface area contributed by atoms with E-state index in [1.807, 2.05) is 35.6 Å². The molecule has 3 heterocycles. The van der Waals surface area contributed by atoms with Crippen LogP contribution in [0.25, 0.3) is 10.1 Å². The first-order chi connectivity index (χ1) is 13.8. The van der Waals surface area contributed by atoms with E-state index in [0.717, 1.165) is 56.7 Å². The van der Waals surface area contributed by atoms with Gasteiger partial charge in [-0.15, -0.1) is 23.7 Å². The van der Waals surface area contributed by atoms with Crippen LogP contribution in [0.1, 0.15) is 34.9 Å². The normalized spacial score (nSPS) is 19.1. The van der Waals surface area contributed by atoms with Crippen molar-refractivity contribution >= 4 is 45.5 Å². The lowest BCUT2D eigenvalue weighted by Gasteiger charge is -2.36. The topological polar surface area (TPSA) is 32.8 Å². The maximum atomic E-state index is 11.9. The number of piperazine rings is 1. The zero-order valence-corrected chi connectivity index (χ0v) is 17.9. The number of carbonyl (C=O) groups excluding carboxylic acids is 1. The van der Waals surface area contributed by atoms with E-state index in [1.54, 1.807) is 0 Å². The third-order valence-corrected chi connectivity index (χ3v) is 6.84. The molecule has 5 rings (SSSR count). The molecule has 1 fully saturated rings. The van der Waals surface area contributed by atoms with E-state index in [9.17, 15) is 4.79 Å². The van der Waals surface area contributed by atoms with Crippen LogP contribution >= 0.6 is 23.7 Å². The van der Waals surface area contributed by atoms with Crippen molar-refractivity contribution in [3.63, 3.8) is 0 Å². The number of hydrogen-bond acceptors (Lipinski definition) is 5. The van der Waals surface area contributed by atoms with Crippen LogP contribution in [0.15, 0.2) is 53.9 Å². The van der Waals surface area contributed by atoms with Gasteiger partial charge >= 0.3 is 5.97 Å². The Balaban J connectivity index is 0.00000205. The van der Waals surface area contributed by atoms with Crippen molar-refractivity contribution in [2.45, 2.75) is 18.9 Å². The first-order valence-corrected chi connectivity index (χ1v) is 10.9. The average molecular weight is 429 g/mol. The molecule has 2 aliphatic heterocycles. The smallest absolute Gasteiger partial charge is 0.339 e. The summed E-state index contributed by atoms with van der Waals surface area (Å²) < 4.78 is 6.93. The third-order valence-electron chi connectivity index (χ3n) is 5.89. The van der Waals surface area contributed by atoms with Gasteiger partial charge in [-0.2, -0.15) is 0 Å². The van der Waals surface area contributed by atoms with Crippen LogP contribution in [0, 0.1) is 0 Å². The largest absolute Gasteiger partial charge is 0.454 e. The van der Waals surface area contributed by atoms with Crippen molar-refractivity contribution in [1.82, 2.24) is 4.90 Å². The summed E-state index contributed by atoms with van der Waals surface area (Å²) >= 11 is 1.83. The number of nitrogens with zero attached hydrogens (tertiary/aromatic N) is 2. The van der Waals surface area contributed by atoms with E-state index in [2.05, 4.69) is 39.4 Å². The van der Waals surface area contributed by atoms with Crippen LogP contribution in [0.4, 0.5) is 5.69 Å². The van der Waals surface area contributed by atoms with Gasteiger partial charge in [-0.1, -0.05) is 36.4 Å². The minimum absolute atomic E-state index is 0. The number of esters is 1. The summed E-state index contributed by atoms with van der Waals surface area (Å²) in [7, 11) is 0. The number of fused-ring (bicyclic) bond motifs is 2. The van der Waals surface area contributed by atoms with E-state index < -0.39 is 0 Å². The Hall–Kier alpha value is -2.08. The molecule has 6 heteroatoms. The van der Waals surface area contributed by atoms with Gasteiger partial charge in [-0.25, -0.2) is 4.79 Å². The number of rotatable bonds is 5. The van der Waals surface area contributed by atoms with Gasteiger partial charge < -0.3 is 9.64 Å². The van der Waals surface area contributed by atoms with Gasteiger partial charge in [0.05, 0.1) is 11.3 Å². The number of anilines is 1. The molecular weight excluding hydrogens is 404 g/mol. The van der Waals surface area contributed by atoms with Gasteiger partial charge in [0, 0.05) is 47.2 Å². The van der Waals surface area contributed by atoms with Gasteiger partial charge in [0.15, 0.2) is 0 Å². The SMILES string of the molecule is Cl.O=C1OC(CCCN2CCN(c3csc4ccccc34)CC2)c2ccccc21. The summed E-state index contributed by atoms with van der Waals surface area (Å²) in [6.45, 7) is 5.38. The van der Waals surface area contributed by atoms with Crippen LogP contribution < -0.4 is 4.90 Å². The number of hydrogen-bond donors (Lipinski definition) is 0. The lowest BCUT2D eigenvalue weighted by molar-refractivity contribution is 0.0358. The highest BCUT2D eigenvalue weighted by atomic mass is 35.5. The Kier molecular flexibility index (Phi) is 6.09. The molecule has 3 aromatic rings. The zero-order valence-electron chi connectivity index (χ0n) is 16.3. The number of cyclic esters (lactones) is 1. The molecule has 2 aromatic carbocycles. The Morgan fingerprint density at radius 3 is 2.62 bits per heavy atom. The van der Waals surface area contributed by atoms with Crippen LogP contribution in [0.3, 0.4) is 0 Å². The second kappa shape index (κ2) is 8.74. The number of ether oxygens (including phenoxy) is 1. The Labute approximate surface area is 181 Å². The highest BCUT2D eigenvalue weighted by Crippen LogP contribution is 2.34. The molecule has 0 aliphatic carbocycles. The minimum Gasteiger partial charge on any atom is -0.454 e. The fourth-order valence-corrected chi connectivity index (χ4v) is 5.33. The predicted octanol–water partition coefficient (Wildman–Crippen LogP) is 5.14. The molecule has 152 valence electrons. The van der Waals surface area contributed by atoms with Gasteiger partial charge in [0.25, 0.3) is 0 Å². The molecule has 0 bridgehead atoms. The molecule has 4 nitrogen and oxygen atoms in total. The fraction of sp³-hybridized carbons (Fsp3) is 0.348. The number of carbonyl (C=O) groups is 1. The van der Waals surface area contributed by atoms with Crippen molar-refractivity contribution in [3.05, 3.63) is 65.0 Å². The van der Waals surface area contributed by atoms with Crippen LogP contribution in [-0.2, 0) is 4.74 Å². The van der Waals surface area contributed by atoms with E-state index >= 15 is 0 Å². The Morgan fingerprint density at radius 2 is 1.76 bits per heavy atom. The molecule has 29 heavy (non-hydrogen) atoms. The first kappa shape index (κ1) is 20.2. The summed E-state index contributed by atoms with van der Waals surface area (Å²) in [6.07, 6.45) is 1.88. The molecule has 1 saturated heterocycles. The summed E-state index contributed by atoms with van der Waals surface area (Å²) in [5.41, 5.74) is 3.18. The van der Waals surface area contributed by atoms with Crippen molar-refractivity contribution < 1.29 is 9.53 Å². The number of benzene rings is 2. The minimum atomic E-state index is -0.169. The molecule has 1 atom stereocenters. The molecule has 1 unspecified atom stereocenters. The van der Waals surface area contributed by atoms with Crippen LogP contribution in [-0.4, -0.2) is 43.6 Å². The second-order valence-electron chi connectivity index (χ2n) is 7.57. The summed E-state index contributed by atoms with van der Waals surface area (Å²) in [5.74, 6) is -0.169. The summed E-state index contributed by atoms with van der Waals surface area (Å²) in [4.78, 5) is 17.0. The molecule has 0 radical (unpaired) electrons. The maximum absolute atomic E-state index is 11.9. The molecular formula is C23H25ClN2O2S. The molecule has 0 amide bonds. The Bertz CT molecular complexity index is 997. The highest BCUT2D eigenvalue weighted by molar-refractivity contribution is 7.17. The number of thiophene rings is 1. The van der Waals surface area contributed by atoms with Gasteiger partial charge in [-0.3, -0.25) is 4.90 Å². The molecule has 2 aliphatic rings. The van der Waals surface area contributed by atoms with Gasteiger partial charge in [-0.05, 0) is 31.5 Å². The van der Waals surface area contributed by atoms with Crippen molar-refractivity contribution in [3.8, 4) is 0 Å². The molecule has 0 N–H and O–H groups in total. The quantitative estimate of drug-likeness (QED) is 0.527. The standard InChI is InChI=1S/C23H24N2O2S.ClH/c26-23-18-7-2-1-6-17(18)21(27-23)9-5-11-24-12-14-25(15-13-24)20-16-28-22-10-4-3-8-19(20)22;/h1-4,6-8,10,16,21H,5,9,11-15H2;1H. The predicted molar refractivity (Wildman–Crippen MR) is 122 cm³/mol. The fourth-order valence-electron chi connectivity index (χ4n) is 4.36. The van der Waals surface area contributed by atoms with E-state index in [4.69, 9.17) is 4.74 Å². The van der Waals surface area contributed by atoms with Gasteiger partial charge in [0.2, 0.25) is 0 Å². The first-order valence-electron chi connectivity index (χ1n) is 10.0. The zero-order chi connectivity index (χ0) is 18.9. The third kappa shape index (κ3) is 4.00. The number of halogens is 1. The average Bonchev–Trinajstić information content (AvgIpc) is 3.31.